The molecule has 0 fully saturated rings. The van der Waals surface area contributed by atoms with E-state index in [1.54, 1.807) is 25.0 Å². The molecule has 1 aromatic rings. The molecule has 0 atom stereocenters. The van der Waals surface area contributed by atoms with Crippen molar-refractivity contribution in [1.82, 2.24) is 9.55 Å². The van der Waals surface area contributed by atoms with Crippen LogP contribution in [0.4, 0.5) is 0 Å². The van der Waals surface area contributed by atoms with E-state index < -0.39 is 0 Å². The Balaban J connectivity index is 2.72. The smallest absolute Gasteiger partial charge is 0.195 e. The van der Waals surface area contributed by atoms with Gasteiger partial charge in [0.25, 0.3) is 0 Å². The Morgan fingerprint density at radius 3 is 2.75 bits per heavy atom. The van der Waals surface area contributed by atoms with Crippen LogP contribution < -0.4 is 0 Å². The maximum Gasteiger partial charge on any atom is 0.195 e. The molecule has 0 aliphatic carbocycles. The molecule has 1 heterocycles. The average molecular weight is 228 g/mol. The first-order valence-electron chi connectivity index (χ1n) is 4.81. The molecule has 0 aliphatic heterocycles. The van der Waals surface area contributed by atoms with Gasteiger partial charge in [-0.25, -0.2) is 4.98 Å². The van der Waals surface area contributed by atoms with Crippen LogP contribution in [0.2, 0.25) is 0 Å². The molecule has 0 bridgehead atoms. The second-order valence-corrected chi connectivity index (χ2v) is 3.25. The van der Waals surface area contributed by atoms with Gasteiger partial charge in [-0.05, 0) is 0 Å². The van der Waals surface area contributed by atoms with Crippen LogP contribution in [-0.2, 0) is 27.5 Å². The zero-order chi connectivity index (χ0) is 12.0. The van der Waals surface area contributed by atoms with Gasteiger partial charge in [-0.3, -0.25) is 4.79 Å². The zero-order valence-corrected chi connectivity index (χ0v) is 9.73. The predicted octanol–water partition coefficient (Wildman–Crippen LogP) is 0.810. The van der Waals surface area contributed by atoms with E-state index in [2.05, 4.69) is 4.98 Å². The van der Waals surface area contributed by atoms with Crippen LogP contribution in [0.25, 0.3) is 0 Å². The van der Waals surface area contributed by atoms with Gasteiger partial charge in [-0.2, -0.15) is 0 Å². The first-order valence-corrected chi connectivity index (χ1v) is 4.81. The molecule has 1 rings (SSSR count). The summed E-state index contributed by atoms with van der Waals surface area (Å²) >= 11 is 0. The van der Waals surface area contributed by atoms with Gasteiger partial charge >= 0.3 is 0 Å². The topological polar surface area (TPSA) is 62.6 Å². The Morgan fingerprint density at radius 1 is 1.44 bits per heavy atom. The van der Waals surface area contributed by atoms with E-state index in [1.807, 2.05) is 0 Å². The number of ether oxygens (including phenoxy) is 3. The van der Waals surface area contributed by atoms with Crippen LogP contribution in [0.5, 0.6) is 0 Å². The number of hydrogen-bond acceptors (Lipinski definition) is 5. The van der Waals surface area contributed by atoms with E-state index in [0.29, 0.717) is 24.9 Å². The van der Waals surface area contributed by atoms with E-state index in [9.17, 15) is 4.79 Å². The number of rotatable bonds is 7. The Bertz CT molecular complexity index is 349. The Morgan fingerprint density at radius 2 is 2.19 bits per heavy atom. The van der Waals surface area contributed by atoms with Crippen molar-refractivity contribution in [3.8, 4) is 0 Å². The fraction of sp³-hybridized carbons (Fsp3) is 0.600. The largest absolute Gasteiger partial charge is 0.364 e. The maximum atomic E-state index is 11.3. The highest BCUT2D eigenvalue weighted by Crippen LogP contribution is 2.06. The molecule has 0 unspecified atom stereocenters. The number of imidazole rings is 1. The molecule has 0 spiro atoms. The van der Waals surface area contributed by atoms with Crippen molar-refractivity contribution in [2.45, 2.75) is 20.3 Å². The lowest BCUT2D eigenvalue weighted by Gasteiger charge is -2.01. The second kappa shape index (κ2) is 6.37. The molecule has 0 saturated heterocycles. The average Bonchev–Trinajstić information content (AvgIpc) is 2.62. The third-order valence-electron chi connectivity index (χ3n) is 1.86. The van der Waals surface area contributed by atoms with Gasteiger partial charge in [-0.15, -0.1) is 0 Å². The lowest BCUT2D eigenvalue weighted by Crippen LogP contribution is -2.08. The molecule has 0 radical (unpaired) electrons. The number of carbonyl (C=O) groups is 1. The summed E-state index contributed by atoms with van der Waals surface area (Å²) in [6, 6.07) is 0. The van der Waals surface area contributed by atoms with Gasteiger partial charge in [0.15, 0.2) is 11.6 Å². The van der Waals surface area contributed by atoms with E-state index in [-0.39, 0.29) is 12.6 Å². The maximum absolute atomic E-state index is 11.3. The molecular weight excluding hydrogens is 212 g/mol. The Hall–Kier alpha value is -1.24. The lowest BCUT2D eigenvalue weighted by atomic mass is 10.4. The Kier molecular flexibility index (Phi) is 5.10. The number of Topliss-reactive ketones (excluding diaryl/α,β-unsaturated/α-hetero) is 1. The third-order valence-corrected chi connectivity index (χ3v) is 1.86. The van der Waals surface area contributed by atoms with Gasteiger partial charge in [-0.1, -0.05) is 0 Å². The predicted molar refractivity (Wildman–Crippen MR) is 55.9 cm³/mol. The number of nitrogens with zero attached hydrogens (tertiary/aromatic N) is 2. The number of aromatic nitrogens is 2. The first kappa shape index (κ1) is 12.8. The minimum atomic E-state index is -0.102. The second-order valence-electron chi connectivity index (χ2n) is 3.25. The van der Waals surface area contributed by atoms with E-state index in [1.165, 1.54) is 6.92 Å². The minimum absolute atomic E-state index is 0.102. The molecule has 0 amide bonds. The van der Waals surface area contributed by atoms with Crippen molar-refractivity contribution in [3.05, 3.63) is 17.7 Å². The lowest BCUT2D eigenvalue weighted by molar-refractivity contribution is -0.0400. The number of ketones is 1. The first-order chi connectivity index (χ1) is 7.69. The molecule has 0 aliphatic rings. The van der Waals surface area contributed by atoms with Crippen molar-refractivity contribution < 1.29 is 19.0 Å². The zero-order valence-electron chi connectivity index (χ0n) is 9.73. The van der Waals surface area contributed by atoms with Crippen LogP contribution in [0, 0.1) is 0 Å². The van der Waals surface area contributed by atoms with E-state index in [4.69, 9.17) is 14.2 Å². The van der Waals surface area contributed by atoms with Crippen LogP contribution in [0.15, 0.2) is 6.20 Å². The van der Waals surface area contributed by atoms with Crippen molar-refractivity contribution in [3.63, 3.8) is 0 Å². The summed E-state index contributed by atoms with van der Waals surface area (Å²) in [7, 11) is 3.11. The summed E-state index contributed by atoms with van der Waals surface area (Å²) in [5.74, 6) is 0.271. The summed E-state index contributed by atoms with van der Waals surface area (Å²) in [4.78, 5) is 15.4. The summed E-state index contributed by atoms with van der Waals surface area (Å²) in [5, 5.41) is 0. The highest BCUT2D eigenvalue weighted by Gasteiger charge is 2.11. The molecule has 6 nitrogen and oxygen atoms in total. The van der Waals surface area contributed by atoms with Crippen molar-refractivity contribution in [2.75, 3.05) is 21.0 Å². The van der Waals surface area contributed by atoms with Gasteiger partial charge in [0.2, 0.25) is 0 Å². The normalized spacial score (nSPS) is 10.7. The highest BCUT2D eigenvalue weighted by atomic mass is 16.7. The summed E-state index contributed by atoms with van der Waals surface area (Å²) in [6.45, 7) is 2.28. The van der Waals surface area contributed by atoms with E-state index >= 15 is 0 Å². The molecule has 90 valence electrons. The van der Waals surface area contributed by atoms with Crippen molar-refractivity contribution >= 4 is 5.78 Å². The van der Waals surface area contributed by atoms with Crippen LogP contribution in [0.3, 0.4) is 0 Å². The fourth-order valence-electron chi connectivity index (χ4n) is 1.29. The number of hydrogen-bond donors (Lipinski definition) is 0. The van der Waals surface area contributed by atoms with Gasteiger partial charge in [0.05, 0.1) is 12.3 Å². The quantitative estimate of drug-likeness (QED) is 0.392. The minimum Gasteiger partial charge on any atom is -0.364 e. The van der Waals surface area contributed by atoms with Crippen LogP contribution in [0.1, 0.15) is 23.2 Å². The van der Waals surface area contributed by atoms with Gasteiger partial charge in [0.1, 0.15) is 13.5 Å². The molecule has 0 saturated carbocycles. The molecular formula is C10H16N2O4. The van der Waals surface area contributed by atoms with E-state index in [0.717, 1.165) is 0 Å². The summed E-state index contributed by atoms with van der Waals surface area (Å²) in [6.07, 6.45) is 1.73. The molecule has 6 heteroatoms. The summed E-state index contributed by atoms with van der Waals surface area (Å²) in [5.41, 5.74) is 0.680. The SMILES string of the molecule is COCOCc1cn(COC)c(C(C)=O)n1. The highest BCUT2D eigenvalue weighted by molar-refractivity contribution is 5.90. The number of carbonyl (C=O) groups excluding carboxylic acids is 1. The molecule has 0 aromatic carbocycles. The van der Waals surface area contributed by atoms with Crippen molar-refractivity contribution in [1.29, 1.82) is 0 Å². The molecule has 0 N–H and O–H groups in total. The van der Waals surface area contributed by atoms with Gasteiger partial charge < -0.3 is 18.8 Å². The summed E-state index contributed by atoms with van der Waals surface area (Å²) < 4.78 is 16.5. The van der Waals surface area contributed by atoms with Crippen LogP contribution >= 0.6 is 0 Å². The standard InChI is InChI=1S/C10H16N2O4/c1-8(13)10-11-9(5-16-7-15-3)4-12(10)6-14-2/h4H,5-7H2,1-3H3. The monoisotopic (exact) mass is 228 g/mol. The fourth-order valence-corrected chi connectivity index (χ4v) is 1.29. The third kappa shape index (κ3) is 3.41. The van der Waals surface area contributed by atoms with Crippen molar-refractivity contribution in [2.24, 2.45) is 0 Å². The van der Waals surface area contributed by atoms with Crippen LogP contribution in [-0.4, -0.2) is 36.3 Å². The molecule has 1 aromatic heterocycles. The molecule has 16 heavy (non-hydrogen) atoms. The van der Waals surface area contributed by atoms with Gasteiger partial charge in [0, 0.05) is 27.3 Å². The number of methoxy groups -OCH3 is 2. The Labute approximate surface area is 94.1 Å².